The molecule has 0 aliphatic heterocycles. The highest BCUT2D eigenvalue weighted by molar-refractivity contribution is 6.46. The molecule has 2 aromatic heterocycles. The molecule has 4 rings (SSSR count). The minimum absolute atomic E-state index is 0.0217. The lowest BCUT2D eigenvalue weighted by Crippen LogP contribution is -2.04. The molecule has 0 atom stereocenters. The van der Waals surface area contributed by atoms with Crippen LogP contribution in [0.15, 0.2) is 30.3 Å². The van der Waals surface area contributed by atoms with Crippen molar-refractivity contribution in [1.29, 1.82) is 0 Å². The van der Waals surface area contributed by atoms with Gasteiger partial charge >= 0.3 is 0 Å². The van der Waals surface area contributed by atoms with Crippen LogP contribution in [-0.2, 0) is 0 Å². The van der Waals surface area contributed by atoms with Gasteiger partial charge in [-0.2, -0.15) is 0 Å². The number of nitrogens with two attached hydrogens (primary N) is 1. The first-order valence-electron chi connectivity index (χ1n) is 11.8. The Morgan fingerprint density at radius 1 is 0.650 bits per heavy atom. The Morgan fingerprint density at radius 2 is 1.18 bits per heavy atom. The zero-order valence-electron chi connectivity index (χ0n) is 21.5. The Bertz CT molecular complexity index is 1560. The van der Waals surface area contributed by atoms with Crippen LogP contribution in [0.5, 0.6) is 23.3 Å². The Balaban J connectivity index is 1.60. The fourth-order valence-corrected chi connectivity index (χ4v) is 5.13. The van der Waals surface area contributed by atoms with Crippen LogP contribution in [0.25, 0.3) is 0 Å². The molecule has 4 aromatic rings. The minimum atomic E-state index is 0.0217. The van der Waals surface area contributed by atoms with Gasteiger partial charge < -0.3 is 20.5 Å². The van der Waals surface area contributed by atoms with E-state index in [-0.39, 0.29) is 65.9 Å². The first-order chi connectivity index (χ1) is 18.8. The summed E-state index contributed by atoms with van der Waals surface area (Å²) in [6, 6.07) is 8.14. The van der Waals surface area contributed by atoms with Gasteiger partial charge in [0.05, 0.1) is 25.8 Å². The van der Waals surface area contributed by atoms with E-state index < -0.39 is 0 Å². The van der Waals surface area contributed by atoms with Crippen molar-refractivity contribution < 1.29 is 9.47 Å². The molecule has 0 saturated heterocycles. The molecule has 0 unspecified atom stereocenters. The standard InChI is InChI=1S/C26H22Cl6N6O2/c1-10(2)13-7-19(35-37-25(13)32)39-23-15(27)5-12(6-16(23)28)34-26-14(11(3)4)8-20(36-38-26)40-24-17(29)9-18(33)21(30)22(24)31/h5-11H,33H2,1-4H3,(H,34,38). The smallest absolute Gasteiger partial charge is 0.239 e. The number of nitrogens with one attached hydrogen (secondary N) is 1. The molecule has 3 N–H and O–H groups in total. The summed E-state index contributed by atoms with van der Waals surface area (Å²) in [7, 11) is 0. The van der Waals surface area contributed by atoms with Gasteiger partial charge in [0.15, 0.2) is 22.5 Å². The highest BCUT2D eigenvalue weighted by Gasteiger charge is 2.20. The van der Waals surface area contributed by atoms with Crippen LogP contribution in [0.4, 0.5) is 17.2 Å². The third-order valence-corrected chi connectivity index (χ3v) is 7.62. The predicted molar refractivity (Wildman–Crippen MR) is 163 cm³/mol. The molecule has 210 valence electrons. The number of hydrogen-bond donors (Lipinski definition) is 2. The van der Waals surface area contributed by atoms with E-state index in [4.69, 9.17) is 84.8 Å². The quantitative estimate of drug-likeness (QED) is 0.142. The second kappa shape index (κ2) is 12.6. The van der Waals surface area contributed by atoms with Gasteiger partial charge in [0.2, 0.25) is 11.8 Å². The number of benzene rings is 2. The van der Waals surface area contributed by atoms with Crippen LogP contribution in [0, 0.1) is 0 Å². The fraction of sp³-hybridized carbons (Fsp3) is 0.231. The molecule has 0 saturated carbocycles. The molecule has 0 fully saturated rings. The van der Waals surface area contributed by atoms with Crippen LogP contribution in [0.1, 0.15) is 50.7 Å². The van der Waals surface area contributed by atoms with Crippen LogP contribution in [0.2, 0.25) is 30.3 Å². The number of ether oxygens (including phenoxy) is 2. The topological polar surface area (TPSA) is 108 Å². The van der Waals surface area contributed by atoms with Crippen LogP contribution < -0.4 is 20.5 Å². The van der Waals surface area contributed by atoms with Crippen molar-refractivity contribution in [2.45, 2.75) is 39.5 Å². The Hall–Kier alpha value is -2.46. The summed E-state index contributed by atoms with van der Waals surface area (Å²) in [6.45, 7) is 7.94. The summed E-state index contributed by atoms with van der Waals surface area (Å²) in [5, 5.41) is 20.7. The van der Waals surface area contributed by atoms with Crippen molar-refractivity contribution >= 4 is 86.8 Å². The fourth-order valence-electron chi connectivity index (χ4n) is 3.57. The number of nitrogen functional groups attached to an aromatic ring is 1. The largest absolute Gasteiger partial charge is 0.434 e. The zero-order chi connectivity index (χ0) is 29.3. The van der Waals surface area contributed by atoms with Crippen molar-refractivity contribution in [2.75, 3.05) is 11.1 Å². The van der Waals surface area contributed by atoms with Gasteiger partial charge in [-0.15, -0.1) is 20.4 Å². The van der Waals surface area contributed by atoms with Gasteiger partial charge in [-0.25, -0.2) is 0 Å². The van der Waals surface area contributed by atoms with Gasteiger partial charge in [-0.05, 0) is 35.6 Å². The second-order valence-corrected chi connectivity index (χ2v) is 11.6. The molecule has 40 heavy (non-hydrogen) atoms. The molecule has 0 radical (unpaired) electrons. The lowest BCUT2D eigenvalue weighted by Gasteiger charge is -2.17. The first-order valence-corrected chi connectivity index (χ1v) is 14.1. The molecular formula is C26H22Cl6N6O2. The van der Waals surface area contributed by atoms with Crippen molar-refractivity contribution in [3.63, 3.8) is 0 Å². The summed E-state index contributed by atoms with van der Waals surface area (Å²) in [6.07, 6.45) is 0. The highest BCUT2D eigenvalue weighted by atomic mass is 35.5. The molecule has 2 aromatic carbocycles. The van der Waals surface area contributed by atoms with Crippen molar-refractivity contribution in [2.24, 2.45) is 0 Å². The van der Waals surface area contributed by atoms with E-state index in [1.165, 1.54) is 6.07 Å². The SMILES string of the molecule is CC(C)c1cc(Oc2c(Cl)cc(Nc3nnc(Oc4c(Cl)cc(N)c(Cl)c4Cl)cc3C(C)C)cc2Cl)nnc1Cl. The maximum absolute atomic E-state index is 6.53. The Kier molecular flexibility index (Phi) is 9.60. The van der Waals surface area contributed by atoms with Gasteiger partial charge in [0.25, 0.3) is 0 Å². The van der Waals surface area contributed by atoms with Gasteiger partial charge in [-0.3, -0.25) is 0 Å². The van der Waals surface area contributed by atoms with Gasteiger partial charge in [0.1, 0.15) is 5.02 Å². The molecule has 8 nitrogen and oxygen atoms in total. The molecule has 0 aliphatic carbocycles. The monoisotopic (exact) mass is 660 g/mol. The van der Waals surface area contributed by atoms with E-state index in [9.17, 15) is 0 Å². The van der Waals surface area contributed by atoms with E-state index in [0.717, 1.165) is 11.1 Å². The summed E-state index contributed by atoms with van der Waals surface area (Å²) < 4.78 is 11.7. The Labute approximate surface area is 261 Å². The molecular weight excluding hydrogens is 641 g/mol. The number of rotatable bonds is 8. The number of hydrogen-bond acceptors (Lipinski definition) is 8. The summed E-state index contributed by atoms with van der Waals surface area (Å²) in [4.78, 5) is 0. The average Bonchev–Trinajstić information content (AvgIpc) is 2.88. The van der Waals surface area contributed by atoms with Crippen LogP contribution in [-0.4, -0.2) is 20.4 Å². The molecule has 0 bridgehead atoms. The molecule has 14 heteroatoms. The highest BCUT2D eigenvalue weighted by Crippen LogP contribution is 2.44. The number of nitrogens with zero attached hydrogens (tertiary/aromatic N) is 4. The lowest BCUT2D eigenvalue weighted by molar-refractivity contribution is 0.454. The summed E-state index contributed by atoms with van der Waals surface area (Å²) in [5.41, 5.74) is 8.15. The maximum Gasteiger partial charge on any atom is 0.239 e. The zero-order valence-corrected chi connectivity index (χ0v) is 26.0. The van der Waals surface area contributed by atoms with Gasteiger partial charge in [0, 0.05) is 23.4 Å². The average molecular weight is 663 g/mol. The van der Waals surface area contributed by atoms with E-state index in [2.05, 4.69) is 25.7 Å². The normalized spacial score (nSPS) is 11.3. The van der Waals surface area contributed by atoms with Crippen LogP contribution in [0.3, 0.4) is 0 Å². The molecule has 0 spiro atoms. The third kappa shape index (κ3) is 6.70. The molecule has 0 amide bonds. The first kappa shape index (κ1) is 30.5. The maximum atomic E-state index is 6.53. The number of aromatic nitrogens is 4. The predicted octanol–water partition coefficient (Wildman–Crippen LogP) is 10.3. The second-order valence-electron chi connectivity index (χ2n) is 9.23. The van der Waals surface area contributed by atoms with E-state index >= 15 is 0 Å². The Morgan fingerprint density at radius 3 is 1.77 bits per heavy atom. The van der Waals surface area contributed by atoms with E-state index in [1.54, 1.807) is 24.3 Å². The van der Waals surface area contributed by atoms with Gasteiger partial charge in [-0.1, -0.05) is 97.3 Å². The van der Waals surface area contributed by atoms with Crippen LogP contribution >= 0.6 is 69.6 Å². The summed E-state index contributed by atoms with van der Waals surface area (Å²) in [5.74, 6) is 1.30. The lowest BCUT2D eigenvalue weighted by atomic mass is 10.0. The summed E-state index contributed by atoms with van der Waals surface area (Å²) >= 11 is 37.9. The van der Waals surface area contributed by atoms with Crippen molar-refractivity contribution in [1.82, 2.24) is 20.4 Å². The van der Waals surface area contributed by atoms with Crippen molar-refractivity contribution in [3.8, 4) is 23.3 Å². The molecule has 0 aliphatic rings. The number of halogens is 6. The van der Waals surface area contributed by atoms with E-state index in [0.29, 0.717) is 16.7 Å². The minimum Gasteiger partial charge on any atom is -0.434 e. The third-order valence-electron chi connectivity index (χ3n) is 5.62. The molecule has 2 heterocycles. The van der Waals surface area contributed by atoms with Crippen molar-refractivity contribution in [3.05, 3.63) is 71.7 Å². The number of anilines is 3. The van der Waals surface area contributed by atoms with E-state index in [1.807, 2.05) is 27.7 Å².